The van der Waals surface area contributed by atoms with Gasteiger partial charge in [0.15, 0.2) is 0 Å². The van der Waals surface area contributed by atoms with Gasteiger partial charge >= 0.3 is 0 Å². The highest BCUT2D eigenvalue weighted by Gasteiger charge is 1.95. The first-order chi connectivity index (χ1) is 13.9. The maximum atomic E-state index is 2.18. The van der Waals surface area contributed by atoms with Crippen molar-refractivity contribution < 1.29 is 0 Å². The van der Waals surface area contributed by atoms with E-state index < -0.39 is 0 Å². The van der Waals surface area contributed by atoms with E-state index in [1.807, 2.05) is 33.7 Å². The molecule has 0 saturated heterocycles. The third kappa shape index (κ3) is 7.30. The largest absolute Gasteiger partial charge is 0.0890 e. The van der Waals surface area contributed by atoms with Gasteiger partial charge in [-0.15, -0.1) is 0 Å². The van der Waals surface area contributed by atoms with E-state index in [9.17, 15) is 0 Å². The number of hydrogen-bond acceptors (Lipinski definition) is 2. The fraction of sp³-hybridized carbons (Fsp3) is 0.0769. The van der Waals surface area contributed by atoms with E-state index in [4.69, 9.17) is 0 Å². The molecule has 0 aliphatic heterocycles. The Labute approximate surface area is 176 Å². The van der Waals surface area contributed by atoms with Crippen molar-refractivity contribution in [2.75, 3.05) is 0 Å². The highest BCUT2D eigenvalue weighted by atomic mass is 33.1. The van der Waals surface area contributed by atoms with Crippen LogP contribution in [0.25, 0.3) is 11.1 Å². The summed E-state index contributed by atoms with van der Waals surface area (Å²) in [5.74, 6) is 2.16. The van der Waals surface area contributed by atoms with Crippen LogP contribution in [0.1, 0.15) is 11.1 Å². The summed E-state index contributed by atoms with van der Waals surface area (Å²) >= 11 is 0. The lowest BCUT2D eigenvalue weighted by Crippen LogP contribution is -1.78. The zero-order chi connectivity index (χ0) is 19.3. The molecule has 0 atom stereocenters. The van der Waals surface area contributed by atoms with Gasteiger partial charge in [-0.05, 0) is 22.3 Å². The van der Waals surface area contributed by atoms with E-state index in [2.05, 4.69) is 109 Å². The second kappa shape index (κ2) is 12.1. The molecule has 0 amide bonds. The van der Waals surface area contributed by atoms with Crippen LogP contribution in [0.5, 0.6) is 0 Å². The maximum absolute atomic E-state index is 2.18. The summed E-state index contributed by atoms with van der Waals surface area (Å²) in [4.78, 5) is 0. The summed E-state index contributed by atoms with van der Waals surface area (Å²) in [5, 5.41) is 0. The molecular weight excluding hydrogens is 376 g/mol. The Bertz CT molecular complexity index is 813. The Hall–Kier alpha value is -2.42. The van der Waals surface area contributed by atoms with E-state index in [0.717, 1.165) is 11.5 Å². The topological polar surface area (TPSA) is 0 Å². The summed E-state index contributed by atoms with van der Waals surface area (Å²) in [6, 6.07) is 42.0. The van der Waals surface area contributed by atoms with Crippen LogP contribution < -0.4 is 0 Å². The van der Waals surface area contributed by atoms with Crippen molar-refractivity contribution in [3.63, 3.8) is 0 Å². The Kier molecular flexibility index (Phi) is 8.79. The molecule has 0 aromatic heterocycles. The fourth-order valence-corrected chi connectivity index (χ4v) is 4.77. The lowest BCUT2D eigenvalue weighted by Gasteiger charge is -2.01. The van der Waals surface area contributed by atoms with Crippen LogP contribution >= 0.6 is 21.6 Å². The average molecular weight is 401 g/mol. The van der Waals surface area contributed by atoms with E-state index in [1.54, 1.807) is 0 Å². The van der Waals surface area contributed by atoms with Gasteiger partial charge in [-0.2, -0.15) is 0 Å². The molecule has 0 saturated carbocycles. The number of rotatable bonds is 6. The van der Waals surface area contributed by atoms with Crippen molar-refractivity contribution in [3.8, 4) is 11.1 Å². The van der Waals surface area contributed by atoms with Gasteiger partial charge in [0.2, 0.25) is 0 Å². The molecule has 0 unspecified atom stereocenters. The highest BCUT2D eigenvalue weighted by Crippen LogP contribution is 2.29. The van der Waals surface area contributed by atoms with Crippen LogP contribution in [-0.2, 0) is 11.5 Å². The number of benzene rings is 4. The van der Waals surface area contributed by atoms with Crippen LogP contribution in [0, 0.1) is 0 Å². The molecule has 0 spiro atoms. The summed E-state index contributed by atoms with van der Waals surface area (Å²) in [5.41, 5.74) is 5.34. The third-order valence-corrected chi connectivity index (χ3v) is 6.38. The van der Waals surface area contributed by atoms with Gasteiger partial charge in [0.1, 0.15) is 0 Å². The molecule has 2 heteroatoms. The van der Waals surface area contributed by atoms with Crippen LogP contribution in [-0.4, -0.2) is 0 Å². The van der Waals surface area contributed by atoms with Gasteiger partial charge in [0.05, 0.1) is 0 Å². The van der Waals surface area contributed by atoms with Crippen LogP contribution in [0.2, 0.25) is 0 Å². The lowest BCUT2D eigenvalue weighted by molar-refractivity contribution is 1.42. The molecule has 0 heterocycles. The van der Waals surface area contributed by atoms with E-state index in [-0.39, 0.29) is 0 Å². The summed E-state index contributed by atoms with van der Waals surface area (Å²) < 4.78 is 0. The van der Waals surface area contributed by atoms with Gasteiger partial charge in [0.25, 0.3) is 0 Å². The second-order valence-corrected chi connectivity index (χ2v) is 8.69. The predicted octanol–water partition coefficient (Wildman–Crippen LogP) is 8.12. The van der Waals surface area contributed by atoms with Crippen molar-refractivity contribution in [2.24, 2.45) is 0 Å². The van der Waals surface area contributed by atoms with Crippen LogP contribution in [0.3, 0.4) is 0 Å². The molecule has 0 radical (unpaired) electrons. The normalized spacial score (nSPS) is 10.0. The van der Waals surface area contributed by atoms with Gasteiger partial charge in [-0.25, -0.2) is 0 Å². The Morgan fingerprint density at radius 2 is 0.643 bits per heavy atom. The molecule has 0 fully saturated rings. The zero-order valence-corrected chi connectivity index (χ0v) is 17.4. The molecule has 4 rings (SSSR count). The summed E-state index contributed by atoms with van der Waals surface area (Å²) in [6.45, 7) is 0. The highest BCUT2D eigenvalue weighted by molar-refractivity contribution is 8.76. The minimum atomic E-state index is 1.08. The van der Waals surface area contributed by atoms with E-state index in [1.165, 1.54) is 22.3 Å². The first-order valence-corrected chi connectivity index (χ1v) is 11.8. The van der Waals surface area contributed by atoms with Gasteiger partial charge < -0.3 is 0 Å². The molecule has 0 bridgehead atoms. The fourth-order valence-electron chi connectivity index (χ4n) is 2.63. The molecule has 0 nitrogen and oxygen atoms in total. The molecule has 4 aromatic rings. The monoisotopic (exact) mass is 400 g/mol. The first-order valence-electron chi connectivity index (χ1n) is 9.34. The molecule has 0 N–H and O–H groups in total. The van der Waals surface area contributed by atoms with E-state index in [0.29, 0.717) is 0 Å². The Balaban J connectivity index is 0.000000167. The van der Waals surface area contributed by atoms with Crippen molar-refractivity contribution in [2.45, 2.75) is 11.5 Å². The molecule has 28 heavy (non-hydrogen) atoms. The smallest absolute Gasteiger partial charge is 0.0288 e. The van der Waals surface area contributed by atoms with Crippen LogP contribution in [0.15, 0.2) is 121 Å². The first kappa shape index (κ1) is 20.3. The maximum Gasteiger partial charge on any atom is 0.0288 e. The molecule has 0 aliphatic carbocycles. The quantitative estimate of drug-likeness (QED) is 0.237. The SMILES string of the molecule is c1ccc(-c2ccccc2)cc1.c1ccc(CSSCc2ccccc2)cc1. The van der Waals surface area contributed by atoms with Gasteiger partial charge in [-0.3, -0.25) is 0 Å². The summed E-state index contributed by atoms with van der Waals surface area (Å²) in [7, 11) is 3.84. The van der Waals surface area contributed by atoms with Gasteiger partial charge in [-0.1, -0.05) is 143 Å². The van der Waals surface area contributed by atoms with Crippen molar-refractivity contribution in [1.82, 2.24) is 0 Å². The molecule has 140 valence electrons. The summed E-state index contributed by atoms with van der Waals surface area (Å²) in [6.07, 6.45) is 0. The Morgan fingerprint density at radius 3 is 0.964 bits per heavy atom. The second-order valence-electron chi connectivity index (χ2n) is 6.23. The Morgan fingerprint density at radius 1 is 0.357 bits per heavy atom. The predicted molar refractivity (Wildman–Crippen MR) is 127 cm³/mol. The van der Waals surface area contributed by atoms with Crippen molar-refractivity contribution >= 4 is 21.6 Å². The molecule has 0 aliphatic rings. The minimum Gasteiger partial charge on any atom is -0.0890 e. The standard InChI is InChI=1S/C14H14S2.C12H10/c1-3-7-13(8-4-1)11-15-16-12-14-9-5-2-6-10-14;1-3-7-11(8-4-1)12-9-5-2-6-10-12/h1-10H,11-12H2;1-10H. The molecular formula is C26H24S2. The number of hydrogen-bond donors (Lipinski definition) is 0. The van der Waals surface area contributed by atoms with Crippen molar-refractivity contribution in [1.29, 1.82) is 0 Å². The third-order valence-electron chi connectivity index (χ3n) is 4.10. The van der Waals surface area contributed by atoms with Crippen molar-refractivity contribution in [3.05, 3.63) is 132 Å². The van der Waals surface area contributed by atoms with Gasteiger partial charge in [0, 0.05) is 11.5 Å². The lowest BCUT2D eigenvalue weighted by atomic mass is 10.1. The van der Waals surface area contributed by atoms with Crippen LogP contribution in [0.4, 0.5) is 0 Å². The molecule has 4 aromatic carbocycles. The minimum absolute atomic E-state index is 1.08. The van der Waals surface area contributed by atoms with E-state index >= 15 is 0 Å². The average Bonchev–Trinajstić information content (AvgIpc) is 2.80. The zero-order valence-electron chi connectivity index (χ0n) is 15.8.